The third-order valence-electron chi connectivity index (χ3n) is 4.19. The third-order valence-corrected chi connectivity index (χ3v) is 4.19. The average Bonchev–Trinajstić information content (AvgIpc) is 3.33. The molecular weight excluding hydrogens is 365 g/mol. The molecule has 1 aliphatic rings. The number of imidazole rings is 1. The molecule has 1 saturated heterocycles. The maximum Gasteiger partial charge on any atom is 0.407 e. The number of carbonyl (C=O) groups is 2. The molecule has 3 aromatic rings. The van der Waals surface area contributed by atoms with Gasteiger partial charge in [0.2, 0.25) is 5.91 Å². The lowest BCUT2D eigenvalue weighted by molar-refractivity contribution is -0.123. The van der Waals surface area contributed by atoms with Gasteiger partial charge in [0.25, 0.3) is 0 Å². The number of halogens is 1. The molecule has 9 heteroatoms. The molecule has 0 radical (unpaired) electrons. The molecule has 3 heterocycles. The Morgan fingerprint density at radius 1 is 1.29 bits per heavy atom. The van der Waals surface area contributed by atoms with E-state index in [2.05, 4.69) is 25.6 Å². The van der Waals surface area contributed by atoms with Gasteiger partial charge in [0.1, 0.15) is 24.3 Å². The highest BCUT2D eigenvalue weighted by atomic mass is 19.1. The van der Waals surface area contributed by atoms with Gasteiger partial charge in [-0.2, -0.15) is 0 Å². The first-order chi connectivity index (χ1) is 13.6. The summed E-state index contributed by atoms with van der Waals surface area (Å²) in [5, 5.41) is 5.10. The summed E-state index contributed by atoms with van der Waals surface area (Å²) in [6, 6.07) is 10.8. The van der Waals surface area contributed by atoms with Crippen molar-refractivity contribution in [1.82, 2.24) is 25.6 Å². The molecular formula is C19H16FN5O3. The molecule has 2 aromatic heterocycles. The molecule has 1 aromatic carbocycles. The number of rotatable bonds is 5. The molecule has 28 heavy (non-hydrogen) atoms. The summed E-state index contributed by atoms with van der Waals surface area (Å²) in [6.07, 6.45) is 1.03. The summed E-state index contributed by atoms with van der Waals surface area (Å²) < 4.78 is 18.4. The molecule has 1 fully saturated rings. The zero-order valence-corrected chi connectivity index (χ0v) is 14.6. The fraction of sp³-hybridized carbons (Fsp3) is 0.158. The first-order valence-corrected chi connectivity index (χ1v) is 8.57. The van der Waals surface area contributed by atoms with Crippen LogP contribution in [0.3, 0.4) is 0 Å². The van der Waals surface area contributed by atoms with Crippen molar-refractivity contribution in [2.24, 2.45) is 0 Å². The van der Waals surface area contributed by atoms with Gasteiger partial charge in [-0.1, -0.05) is 18.2 Å². The van der Waals surface area contributed by atoms with Crippen molar-refractivity contribution in [3.63, 3.8) is 0 Å². The fourth-order valence-corrected chi connectivity index (χ4v) is 2.87. The van der Waals surface area contributed by atoms with Crippen LogP contribution in [0.4, 0.5) is 9.18 Å². The molecule has 8 nitrogen and oxygen atoms in total. The predicted octanol–water partition coefficient (Wildman–Crippen LogP) is 2.00. The highest BCUT2D eigenvalue weighted by Gasteiger charge is 2.28. The van der Waals surface area contributed by atoms with Crippen LogP contribution in [0.15, 0.2) is 48.7 Å². The Kier molecular flexibility index (Phi) is 4.71. The van der Waals surface area contributed by atoms with Crippen molar-refractivity contribution < 1.29 is 18.7 Å². The van der Waals surface area contributed by atoms with Crippen LogP contribution < -0.4 is 10.6 Å². The number of H-pyrrole nitrogens is 1. The average molecular weight is 381 g/mol. The third kappa shape index (κ3) is 3.68. The Bertz CT molecular complexity index is 1020. The molecule has 3 N–H and O–H groups in total. The maximum atomic E-state index is 13.7. The van der Waals surface area contributed by atoms with Crippen LogP contribution in [-0.4, -0.2) is 39.6 Å². The molecule has 1 aliphatic heterocycles. The summed E-state index contributed by atoms with van der Waals surface area (Å²) >= 11 is 0. The number of nitrogens with zero attached hydrogens (tertiary/aromatic N) is 2. The van der Waals surface area contributed by atoms with Crippen molar-refractivity contribution in [1.29, 1.82) is 0 Å². The van der Waals surface area contributed by atoms with Crippen molar-refractivity contribution in [2.75, 3.05) is 6.61 Å². The molecule has 0 unspecified atom stereocenters. The Hall–Kier alpha value is -3.75. The maximum absolute atomic E-state index is 13.7. The molecule has 0 aliphatic carbocycles. The van der Waals surface area contributed by atoms with E-state index in [1.807, 2.05) is 12.1 Å². The van der Waals surface area contributed by atoms with Crippen LogP contribution in [-0.2, 0) is 16.1 Å². The van der Waals surface area contributed by atoms with Gasteiger partial charge in [-0.15, -0.1) is 0 Å². The number of ether oxygens (including phenoxy) is 1. The highest BCUT2D eigenvalue weighted by Crippen LogP contribution is 2.29. The number of pyridine rings is 1. The van der Waals surface area contributed by atoms with Gasteiger partial charge >= 0.3 is 6.09 Å². The van der Waals surface area contributed by atoms with Gasteiger partial charge in [-0.05, 0) is 24.3 Å². The standard InChI is InChI=1S/C19H16FN5O3/c20-12-5-3-4-11(8-12)16-17(13-6-1-2-7-21-13)25-15(24-16)9-22-18(26)14-10-28-19(27)23-14/h1-8,14H,9-10H2,(H,22,26)(H,23,27)(H,24,25)/t14-/m1/s1. The lowest BCUT2D eigenvalue weighted by atomic mass is 10.1. The second-order valence-electron chi connectivity index (χ2n) is 6.15. The van der Waals surface area contributed by atoms with Gasteiger partial charge in [-0.3, -0.25) is 9.78 Å². The molecule has 0 spiro atoms. The molecule has 2 amide bonds. The summed E-state index contributed by atoms with van der Waals surface area (Å²) in [6.45, 7) is 0.0803. The molecule has 1 atom stereocenters. The normalized spacial score (nSPS) is 15.8. The largest absolute Gasteiger partial charge is 0.447 e. The van der Waals surface area contributed by atoms with Gasteiger partial charge in [0.05, 0.1) is 23.6 Å². The molecule has 4 rings (SSSR count). The minimum absolute atomic E-state index is 0.0173. The van der Waals surface area contributed by atoms with Crippen molar-refractivity contribution >= 4 is 12.0 Å². The summed E-state index contributed by atoms with van der Waals surface area (Å²) in [5.74, 6) is -0.285. The number of amides is 2. The number of hydrogen-bond acceptors (Lipinski definition) is 5. The molecule has 142 valence electrons. The zero-order chi connectivity index (χ0) is 19.5. The number of hydrogen-bond donors (Lipinski definition) is 3. The Morgan fingerprint density at radius 3 is 2.89 bits per heavy atom. The monoisotopic (exact) mass is 381 g/mol. The number of alkyl carbamates (subject to hydrolysis) is 1. The lowest BCUT2D eigenvalue weighted by Crippen LogP contribution is -2.42. The van der Waals surface area contributed by atoms with E-state index in [0.717, 1.165) is 0 Å². The first-order valence-electron chi connectivity index (χ1n) is 8.57. The second kappa shape index (κ2) is 7.47. The van der Waals surface area contributed by atoms with E-state index >= 15 is 0 Å². The van der Waals surface area contributed by atoms with Crippen molar-refractivity contribution in [3.05, 3.63) is 60.3 Å². The summed E-state index contributed by atoms with van der Waals surface area (Å²) in [5.41, 5.74) is 2.38. The Labute approximate surface area is 159 Å². The predicted molar refractivity (Wildman–Crippen MR) is 97.3 cm³/mol. The number of aromatic nitrogens is 3. The van der Waals surface area contributed by atoms with Crippen LogP contribution in [0.1, 0.15) is 5.82 Å². The van der Waals surface area contributed by atoms with Crippen LogP contribution in [0.25, 0.3) is 22.6 Å². The number of aromatic amines is 1. The number of benzene rings is 1. The van der Waals surface area contributed by atoms with Crippen molar-refractivity contribution in [2.45, 2.75) is 12.6 Å². The van der Waals surface area contributed by atoms with Gasteiger partial charge in [-0.25, -0.2) is 14.2 Å². The minimum Gasteiger partial charge on any atom is -0.447 e. The van der Waals surface area contributed by atoms with E-state index in [4.69, 9.17) is 4.74 Å². The minimum atomic E-state index is -0.736. The summed E-state index contributed by atoms with van der Waals surface area (Å²) in [7, 11) is 0. The number of cyclic esters (lactones) is 1. The molecule has 0 bridgehead atoms. The van der Waals surface area contributed by atoms with Crippen LogP contribution in [0, 0.1) is 5.82 Å². The zero-order valence-electron chi connectivity index (χ0n) is 14.6. The smallest absolute Gasteiger partial charge is 0.407 e. The van der Waals surface area contributed by atoms with E-state index < -0.39 is 12.1 Å². The van der Waals surface area contributed by atoms with Crippen LogP contribution >= 0.6 is 0 Å². The first kappa shape index (κ1) is 17.7. The Balaban J connectivity index is 1.60. The fourth-order valence-electron chi connectivity index (χ4n) is 2.87. The van der Waals surface area contributed by atoms with Gasteiger partial charge in [0.15, 0.2) is 0 Å². The second-order valence-corrected chi connectivity index (χ2v) is 6.15. The highest BCUT2D eigenvalue weighted by molar-refractivity contribution is 5.87. The molecule has 0 saturated carbocycles. The number of carbonyl (C=O) groups excluding carboxylic acids is 2. The van der Waals surface area contributed by atoms with E-state index in [0.29, 0.717) is 28.5 Å². The van der Waals surface area contributed by atoms with Gasteiger partial charge in [0, 0.05) is 11.8 Å². The van der Waals surface area contributed by atoms with Gasteiger partial charge < -0.3 is 20.4 Å². The quantitative estimate of drug-likeness (QED) is 0.626. The van der Waals surface area contributed by atoms with E-state index in [-0.39, 0.29) is 24.9 Å². The van der Waals surface area contributed by atoms with Crippen LogP contribution in [0.2, 0.25) is 0 Å². The summed E-state index contributed by atoms with van der Waals surface area (Å²) in [4.78, 5) is 35.2. The SMILES string of the molecule is O=C1N[C@@H](C(=O)NCc2nc(-c3cccc(F)c3)c(-c3ccccn3)[nH]2)CO1. The van der Waals surface area contributed by atoms with E-state index in [1.54, 1.807) is 24.4 Å². The van der Waals surface area contributed by atoms with Crippen LogP contribution in [0.5, 0.6) is 0 Å². The lowest BCUT2D eigenvalue weighted by Gasteiger charge is -2.07. The van der Waals surface area contributed by atoms with Crippen molar-refractivity contribution in [3.8, 4) is 22.6 Å². The van der Waals surface area contributed by atoms with E-state index in [9.17, 15) is 14.0 Å². The topological polar surface area (TPSA) is 109 Å². The Morgan fingerprint density at radius 2 is 2.18 bits per heavy atom. The van der Waals surface area contributed by atoms with E-state index in [1.165, 1.54) is 12.1 Å². The number of nitrogens with one attached hydrogen (secondary N) is 3.